The molecular weight excluding hydrogens is 425 g/mol. The van der Waals surface area contributed by atoms with Crippen molar-refractivity contribution in [3.63, 3.8) is 0 Å². The lowest BCUT2D eigenvalue weighted by molar-refractivity contribution is 0.0445. The number of fused-ring (bicyclic) bond motifs is 1. The van der Waals surface area contributed by atoms with Gasteiger partial charge in [0.1, 0.15) is 17.1 Å². The quantitative estimate of drug-likeness (QED) is 0.266. The van der Waals surface area contributed by atoms with Gasteiger partial charge >= 0.3 is 5.97 Å². The summed E-state index contributed by atoms with van der Waals surface area (Å²) in [6.45, 7) is 7.41. The minimum Gasteiger partial charge on any atom is -0.494 e. The zero-order chi connectivity index (χ0) is 23.7. The Bertz CT molecular complexity index is 1350. The molecule has 2 heterocycles. The first kappa shape index (κ1) is 22.3. The lowest BCUT2D eigenvalue weighted by atomic mass is 10.1. The second kappa shape index (κ2) is 8.94. The van der Waals surface area contributed by atoms with E-state index in [4.69, 9.17) is 13.9 Å². The van der Waals surface area contributed by atoms with Gasteiger partial charge in [0.15, 0.2) is 6.61 Å². The maximum Gasteiger partial charge on any atom is 0.375 e. The van der Waals surface area contributed by atoms with Crippen LogP contribution in [0.4, 0.5) is 4.39 Å². The highest BCUT2D eigenvalue weighted by atomic mass is 19.1. The Labute approximate surface area is 190 Å². The number of ether oxygens (including phenoxy) is 2. The smallest absolute Gasteiger partial charge is 0.375 e. The molecule has 33 heavy (non-hydrogen) atoms. The maximum absolute atomic E-state index is 13.3. The largest absolute Gasteiger partial charge is 0.494 e. The normalized spacial score (nSPS) is 11.1. The first-order valence-electron chi connectivity index (χ1n) is 10.6. The van der Waals surface area contributed by atoms with Crippen LogP contribution in [0.2, 0.25) is 0 Å². The number of Topliss-reactive ketones (excluding diaryl/α,β-unsaturated/α-hetero) is 1. The molecule has 7 heteroatoms. The average Bonchev–Trinajstić information content (AvgIpc) is 3.28. The zero-order valence-electron chi connectivity index (χ0n) is 18.9. The number of rotatable bonds is 7. The molecule has 0 aliphatic carbocycles. The minimum absolute atomic E-state index is 0.0585. The molecule has 170 valence electrons. The summed E-state index contributed by atoms with van der Waals surface area (Å²) in [5.41, 5.74) is 3.84. The molecule has 2 aromatic heterocycles. The fourth-order valence-corrected chi connectivity index (χ4v) is 3.96. The van der Waals surface area contributed by atoms with E-state index in [1.165, 1.54) is 12.1 Å². The fourth-order valence-electron chi connectivity index (χ4n) is 3.96. The minimum atomic E-state index is -0.706. The molecule has 0 bridgehead atoms. The van der Waals surface area contributed by atoms with Crippen molar-refractivity contribution in [2.75, 3.05) is 13.2 Å². The summed E-state index contributed by atoms with van der Waals surface area (Å²) in [7, 11) is 0. The summed E-state index contributed by atoms with van der Waals surface area (Å²) in [6, 6.07) is 13.1. The first-order valence-corrected chi connectivity index (χ1v) is 10.6. The second-order valence-electron chi connectivity index (χ2n) is 7.74. The number of nitrogens with zero attached hydrogens (tertiary/aromatic N) is 1. The molecule has 0 fully saturated rings. The Hall–Kier alpha value is -3.87. The Balaban J connectivity index is 1.51. The third-order valence-electron chi connectivity index (χ3n) is 5.55. The molecule has 6 nitrogen and oxygen atoms in total. The summed E-state index contributed by atoms with van der Waals surface area (Å²) in [4.78, 5) is 25.5. The van der Waals surface area contributed by atoms with Crippen molar-refractivity contribution in [2.45, 2.75) is 27.7 Å². The number of benzene rings is 2. The monoisotopic (exact) mass is 449 g/mol. The SMILES string of the molecule is CCOc1ccc2oc(C(=O)OCC(=O)c3cc(C)n(-c4ccc(F)cc4)c3C)c(C)c2c1. The van der Waals surface area contributed by atoms with Crippen molar-refractivity contribution in [1.82, 2.24) is 4.57 Å². The second-order valence-corrected chi connectivity index (χ2v) is 7.74. The number of hydrogen-bond donors (Lipinski definition) is 0. The number of esters is 1. The Morgan fingerprint density at radius 1 is 1.03 bits per heavy atom. The number of hydrogen-bond acceptors (Lipinski definition) is 5. The predicted molar refractivity (Wildman–Crippen MR) is 122 cm³/mol. The molecule has 0 unspecified atom stereocenters. The van der Waals surface area contributed by atoms with Crippen LogP contribution in [0.15, 0.2) is 52.9 Å². The average molecular weight is 449 g/mol. The van der Waals surface area contributed by atoms with Gasteiger partial charge in [-0.2, -0.15) is 0 Å². The zero-order valence-corrected chi connectivity index (χ0v) is 18.9. The Kier molecular flexibility index (Phi) is 6.05. The van der Waals surface area contributed by atoms with Gasteiger partial charge in [-0.1, -0.05) is 0 Å². The van der Waals surface area contributed by atoms with Crippen LogP contribution in [0.5, 0.6) is 5.75 Å². The molecule has 2 aromatic carbocycles. The third kappa shape index (κ3) is 4.26. The Morgan fingerprint density at radius 3 is 2.45 bits per heavy atom. The lowest BCUT2D eigenvalue weighted by Gasteiger charge is -2.10. The topological polar surface area (TPSA) is 70.7 Å². The van der Waals surface area contributed by atoms with Gasteiger partial charge in [0, 0.05) is 33.6 Å². The number of halogens is 1. The van der Waals surface area contributed by atoms with Gasteiger partial charge in [-0.15, -0.1) is 0 Å². The van der Waals surface area contributed by atoms with Gasteiger partial charge in [-0.25, -0.2) is 9.18 Å². The highest BCUT2D eigenvalue weighted by molar-refractivity contribution is 6.01. The van der Waals surface area contributed by atoms with E-state index in [1.54, 1.807) is 44.2 Å². The van der Waals surface area contributed by atoms with E-state index in [1.807, 2.05) is 24.5 Å². The molecule has 0 atom stereocenters. The molecule has 0 amide bonds. The number of aromatic nitrogens is 1. The van der Waals surface area contributed by atoms with Crippen LogP contribution >= 0.6 is 0 Å². The van der Waals surface area contributed by atoms with E-state index in [9.17, 15) is 14.0 Å². The number of furan rings is 1. The highest BCUT2D eigenvalue weighted by Crippen LogP contribution is 2.29. The third-order valence-corrected chi connectivity index (χ3v) is 5.55. The number of carbonyl (C=O) groups is 2. The van der Waals surface area contributed by atoms with Crippen LogP contribution in [0.3, 0.4) is 0 Å². The van der Waals surface area contributed by atoms with E-state index in [0.717, 1.165) is 16.8 Å². The van der Waals surface area contributed by atoms with Crippen LogP contribution in [0.25, 0.3) is 16.7 Å². The summed E-state index contributed by atoms with van der Waals surface area (Å²) >= 11 is 0. The van der Waals surface area contributed by atoms with E-state index in [0.29, 0.717) is 34.8 Å². The molecule has 4 aromatic rings. The molecule has 0 N–H and O–H groups in total. The van der Waals surface area contributed by atoms with Crippen molar-refractivity contribution >= 4 is 22.7 Å². The molecule has 4 rings (SSSR count). The van der Waals surface area contributed by atoms with Crippen molar-refractivity contribution < 1.29 is 27.9 Å². The summed E-state index contributed by atoms with van der Waals surface area (Å²) < 4.78 is 31.6. The van der Waals surface area contributed by atoms with Gasteiger partial charge in [0.25, 0.3) is 0 Å². The molecule has 0 saturated heterocycles. The van der Waals surface area contributed by atoms with E-state index in [2.05, 4.69) is 0 Å². The van der Waals surface area contributed by atoms with Crippen molar-refractivity contribution in [1.29, 1.82) is 0 Å². The van der Waals surface area contributed by atoms with Crippen LogP contribution in [-0.4, -0.2) is 29.5 Å². The van der Waals surface area contributed by atoms with Gasteiger partial charge in [-0.3, -0.25) is 4.79 Å². The number of carbonyl (C=O) groups excluding carboxylic acids is 2. The van der Waals surface area contributed by atoms with Crippen LogP contribution in [-0.2, 0) is 4.74 Å². The van der Waals surface area contributed by atoms with Crippen LogP contribution in [0, 0.1) is 26.6 Å². The van der Waals surface area contributed by atoms with Crippen LogP contribution < -0.4 is 4.74 Å². The van der Waals surface area contributed by atoms with E-state index >= 15 is 0 Å². The fraction of sp³-hybridized carbons (Fsp3) is 0.231. The standard InChI is InChI=1S/C26H24FNO5/c1-5-31-20-10-11-24-21(13-20)16(3)25(33-24)26(30)32-14-23(29)22-12-15(2)28(17(22)4)19-8-6-18(27)7-9-19/h6-13H,5,14H2,1-4H3. The van der Waals surface area contributed by atoms with Gasteiger partial charge < -0.3 is 18.5 Å². The lowest BCUT2D eigenvalue weighted by Crippen LogP contribution is -2.15. The molecule has 0 spiro atoms. The van der Waals surface area contributed by atoms with Gasteiger partial charge in [-0.05, 0) is 76.2 Å². The summed E-state index contributed by atoms with van der Waals surface area (Å²) in [6.07, 6.45) is 0. The van der Waals surface area contributed by atoms with Crippen molar-refractivity contribution in [3.8, 4) is 11.4 Å². The molecule has 0 saturated carbocycles. The maximum atomic E-state index is 13.3. The number of ketones is 1. The van der Waals surface area contributed by atoms with Crippen LogP contribution in [0.1, 0.15) is 44.8 Å². The number of aryl methyl sites for hydroxylation is 2. The van der Waals surface area contributed by atoms with Gasteiger partial charge in [0.05, 0.1) is 6.61 Å². The Morgan fingerprint density at radius 2 is 1.76 bits per heavy atom. The molecule has 0 radical (unpaired) electrons. The van der Waals surface area contributed by atoms with Gasteiger partial charge in [0.2, 0.25) is 11.5 Å². The highest BCUT2D eigenvalue weighted by Gasteiger charge is 2.22. The summed E-state index contributed by atoms with van der Waals surface area (Å²) in [5, 5.41) is 0.752. The van der Waals surface area contributed by atoms with E-state index in [-0.39, 0.29) is 17.4 Å². The molecule has 0 aliphatic rings. The molecular formula is C26H24FNO5. The first-order chi connectivity index (χ1) is 15.8. The van der Waals surface area contributed by atoms with Crippen molar-refractivity contribution in [2.24, 2.45) is 0 Å². The van der Waals surface area contributed by atoms with E-state index < -0.39 is 12.6 Å². The van der Waals surface area contributed by atoms with Crippen molar-refractivity contribution in [3.05, 3.63) is 82.6 Å². The molecule has 0 aliphatic heterocycles. The summed E-state index contributed by atoms with van der Waals surface area (Å²) in [5.74, 6) is -0.636. The predicted octanol–water partition coefficient (Wildman–Crippen LogP) is 5.73.